The normalized spacial score (nSPS) is 11.5. The number of carbonyl (C=O) groups excluding carboxylic acids is 3. The summed E-state index contributed by atoms with van der Waals surface area (Å²) in [5, 5.41) is 54.4. The largest absolute Gasteiger partial charge is 0.462 e. The average Bonchev–Trinajstić information content (AvgIpc) is 1.66. The SMILES string of the molecule is C.CCO.CCOC(=O)c1cnc(C)nc1.CCOC(=O)c1cnc(N2CCn3c(nnc3-c3ccccc3)C2)nc1.COC(OC)(OC)c1ccccc1.Clc1nccn2c(-c3ccccc3)nnc12.Clc1nccnc1Cl.NN.NNc1nccnc1Cl.O=C(NO)c1cnc(N2CCn3c(nnc3-c3ccccc3)C2)nc1.O=S=O.c1ccc(-c2nnc3n2CCNC3)cc1. The maximum Gasteiger partial charge on any atom is 0.341 e. The van der Waals surface area contributed by atoms with Gasteiger partial charge in [-0.2, -0.15) is 8.42 Å². The van der Waals surface area contributed by atoms with E-state index >= 15 is 0 Å². The molecular formula is C85H97Cl4N31O12S. The summed E-state index contributed by atoms with van der Waals surface area (Å²) >= 11 is 21.5. The van der Waals surface area contributed by atoms with Crippen LogP contribution in [-0.4, -0.2) is 211 Å². The van der Waals surface area contributed by atoms with Gasteiger partial charge in [-0.3, -0.25) is 26.1 Å². The van der Waals surface area contributed by atoms with Crippen molar-refractivity contribution in [3.8, 4) is 45.6 Å². The predicted octanol–water partition coefficient (Wildman–Crippen LogP) is 9.98. The van der Waals surface area contributed by atoms with Gasteiger partial charge in [0.1, 0.15) is 11.6 Å². The Hall–Kier alpha value is -14.1. The Bertz CT molecular complexity index is 5970. The quantitative estimate of drug-likeness (QED) is 0.0146. The van der Waals surface area contributed by atoms with Gasteiger partial charge in [-0.1, -0.05) is 205 Å². The zero-order chi connectivity index (χ0) is 95.0. The number of aliphatic hydroxyl groups is 1. The standard InChI is InChI=1S/C18H18N6O2.C16H15N7O2.C11H7ClN4.C11H12N4.C10H14O3.C8H10N2O2.C4H2Cl2N2.C4H5ClN4.C2H6O.CH4.H4N2.O2S/c1-2-26-17(25)14-10-19-18(20-11-14)23-8-9-24-15(12-23)21-22-16(24)13-6-4-3-5-7-13;24-15(21-25)12-8-17-16(18-9-12)22-6-7-23-13(10-22)19-20-14(23)11-4-2-1-3-5-11;12-9-11-15-14-10(16(11)7-6-13-9)8-4-2-1-3-5-8;1-2-4-9(5-3-1)11-14-13-10-8-12-6-7-15(10)11;1-11-10(12-2,13-3)9-7-5-4-6-8-9;1-3-12-8(11)7-4-9-6(2)10-5-7;5-3-4(6)8-2-1-7-3;5-3-4(9-6)8-2-1-7-3;1-2-3;;1-2;1-3-2/h3-7,10-11H,2,8-9,12H2,1H3;1-5,8-9,25H,6-7,10H2,(H,21,24);1-7H;1-5,12H,6-8H2;4-8H,1-3H3;4-5H,3H2,1-2H3;1-2H;1-2H,6H2,(H,8,9);3H,2H2,1H3;1H4;1-2H2;. The van der Waals surface area contributed by atoms with Crippen molar-refractivity contribution in [2.45, 2.75) is 80.4 Å². The molecule has 0 unspecified atom stereocenters. The van der Waals surface area contributed by atoms with Crippen molar-refractivity contribution in [3.05, 3.63) is 292 Å². The number of carbonyl (C=O) groups is 3. The summed E-state index contributed by atoms with van der Waals surface area (Å²) in [4.78, 5) is 81.5. The highest BCUT2D eigenvalue weighted by Gasteiger charge is 2.32. The molecule has 0 bridgehead atoms. The second-order valence-corrected chi connectivity index (χ2v) is 27.6. The first-order valence-corrected chi connectivity index (χ1v) is 41.9. The lowest BCUT2D eigenvalue weighted by atomic mass is 10.2. The predicted molar refractivity (Wildman–Crippen MR) is 496 cm³/mol. The summed E-state index contributed by atoms with van der Waals surface area (Å²) in [5.74, 6) is 18.8. The molecule has 15 aromatic rings. The number of nitrogens with zero attached hydrogens (tertiary/aromatic N) is 25. The lowest BCUT2D eigenvalue weighted by Gasteiger charge is -2.28. The fourth-order valence-corrected chi connectivity index (χ4v) is 12.4. The number of anilines is 3. The number of aryl methyl sites for hydroxylation is 1. The minimum absolute atomic E-state index is 0. The van der Waals surface area contributed by atoms with Crippen LogP contribution in [0.1, 0.15) is 88.1 Å². The Morgan fingerprint density at radius 2 is 0.835 bits per heavy atom. The summed E-state index contributed by atoms with van der Waals surface area (Å²) < 4.78 is 50.0. The van der Waals surface area contributed by atoms with Gasteiger partial charge in [0.05, 0.1) is 49.5 Å². The zero-order valence-electron chi connectivity index (χ0n) is 72.2. The van der Waals surface area contributed by atoms with Gasteiger partial charge in [-0.25, -0.2) is 75.7 Å². The second kappa shape index (κ2) is 57.2. The number of fused-ring (bicyclic) bond motifs is 4. The van der Waals surface area contributed by atoms with Crippen LogP contribution in [0.25, 0.3) is 51.2 Å². The number of rotatable bonds is 16. The minimum atomic E-state index is -1.08. The first kappa shape index (κ1) is 106. The molecule has 13 heterocycles. The molecule has 48 heteroatoms. The van der Waals surface area contributed by atoms with Gasteiger partial charge >= 0.3 is 29.5 Å². The third-order valence-corrected chi connectivity index (χ3v) is 19.1. The van der Waals surface area contributed by atoms with Gasteiger partial charge in [-0.15, -0.1) is 40.8 Å². The average molecular weight is 1920 g/mol. The maximum atomic E-state index is 11.7. The molecule has 0 fully saturated rings. The van der Waals surface area contributed by atoms with Crippen LogP contribution >= 0.6 is 46.4 Å². The molecule has 1 amide bonds. The topological polar surface area (TPSA) is 557 Å². The highest BCUT2D eigenvalue weighted by molar-refractivity contribution is 7.51. The third kappa shape index (κ3) is 31.0. The number of hydroxylamine groups is 1. The number of hydrazine groups is 2. The number of nitrogen functional groups attached to an aromatic ring is 1. The van der Waals surface area contributed by atoms with Crippen molar-refractivity contribution < 1.29 is 56.8 Å². The smallest absolute Gasteiger partial charge is 0.341 e. The van der Waals surface area contributed by atoms with Crippen LogP contribution in [0.4, 0.5) is 17.7 Å². The molecule has 5 aromatic carbocycles. The fraction of sp³-hybridized carbons (Fsp3) is 0.247. The second-order valence-electron chi connectivity index (χ2n) is 26.0. The molecule has 11 N–H and O–H groups in total. The Morgan fingerprint density at radius 3 is 1.22 bits per heavy atom. The molecule has 0 radical (unpaired) electrons. The van der Waals surface area contributed by atoms with Crippen molar-refractivity contribution in [2.24, 2.45) is 17.5 Å². The molecule has 18 rings (SSSR count). The van der Waals surface area contributed by atoms with E-state index in [0.29, 0.717) is 78.3 Å². The number of hydrogen-bond acceptors (Lipinski definition) is 38. The fourth-order valence-electron chi connectivity index (χ4n) is 11.9. The van der Waals surface area contributed by atoms with E-state index in [1.165, 1.54) is 62.0 Å². The number of halogens is 4. The highest BCUT2D eigenvalue weighted by Crippen LogP contribution is 2.29. The van der Waals surface area contributed by atoms with Gasteiger partial charge in [0.15, 0.2) is 67.0 Å². The van der Waals surface area contributed by atoms with Crippen molar-refractivity contribution in [3.63, 3.8) is 0 Å². The molecule has 10 aromatic heterocycles. The van der Waals surface area contributed by atoms with Crippen LogP contribution in [0.3, 0.4) is 0 Å². The van der Waals surface area contributed by atoms with E-state index < -0.39 is 29.4 Å². The summed E-state index contributed by atoms with van der Waals surface area (Å²) in [7, 11) is 4.62. The number of aromatic nitrogens is 23. The number of hydrogen-bond donors (Lipinski definition) is 8. The monoisotopic (exact) mass is 1920 g/mol. The van der Waals surface area contributed by atoms with Gasteiger partial charge < -0.3 is 63.0 Å². The van der Waals surface area contributed by atoms with Crippen LogP contribution in [0, 0.1) is 6.92 Å². The van der Waals surface area contributed by atoms with Crippen LogP contribution in [0.2, 0.25) is 20.6 Å². The summed E-state index contributed by atoms with van der Waals surface area (Å²) in [6, 6.07) is 49.5. The number of nitrogens with two attached hydrogens (primary N) is 3. The Morgan fingerprint density at radius 1 is 0.474 bits per heavy atom. The molecule has 698 valence electrons. The van der Waals surface area contributed by atoms with E-state index in [9.17, 15) is 14.4 Å². The molecule has 3 aliphatic rings. The van der Waals surface area contributed by atoms with Crippen molar-refractivity contribution in [1.82, 2.24) is 125 Å². The zero-order valence-corrected chi connectivity index (χ0v) is 76.0. The summed E-state index contributed by atoms with van der Waals surface area (Å²) in [6.07, 6.45) is 18.0. The molecule has 0 aliphatic carbocycles. The number of methoxy groups -OCH3 is 3. The first-order chi connectivity index (χ1) is 64.3. The van der Waals surface area contributed by atoms with E-state index in [4.69, 9.17) is 94.7 Å². The Balaban J connectivity index is 0.000000210. The number of nitrogens with one attached hydrogen (secondary N) is 3. The number of esters is 2. The van der Waals surface area contributed by atoms with Crippen LogP contribution < -0.4 is 43.6 Å². The highest BCUT2D eigenvalue weighted by atomic mass is 35.5. The van der Waals surface area contributed by atoms with E-state index in [-0.39, 0.29) is 41.0 Å². The van der Waals surface area contributed by atoms with E-state index in [1.54, 1.807) is 66.9 Å². The minimum Gasteiger partial charge on any atom is -0.462 e. The van der Waals surface area contributed by atoms with Crippen molar-refractivity contribution in [1.29, 1.82) is 0 Å². The van der Waals surface area contributed by atoms with Crippen LogP contribution in [0.5, 0.6) is 0 Å². The maximum absolute atomic E-state index is 11.7. The van der Waals surface area contributed by atoms with Crippen molar-refractivity contribution >= 4 is 99.2 Å². The number of benzene rings is 5. The third-order valence-electron chi connectivity index (χ3n) is 17.9. The lowest BCUT2D eigenvalue weighted by molar-refractivity contribution is -0.364. The Kier molecular flexibility index (Phi) is 45.5. The van der Waals surface area contributed by atoms with Crippen LogP contribution in [0.15, 0.2) is 226 Å². The molecule has 0 saturated heterocycles. The summed E-state index contributed by atoms with van der Waals surface area (Å²) in [6.45, 7) is 14.7. The van der Waals surface area contributed by atoms with Crippen molar-refractivity contribution in [2.75, 3.05) is 76.0 Å². The Labute approximate surface area is 787 Å². The lowest BCUT2D eigenvalue weighted by Crippen LogP contribution is -2.35. The molecule has 43 nitrogen and oxygen atoms in total. The summed E-state index contributed by atoms with van der Waals surface area (Å²) in [5.41, 5.74) is 10.4. The van der Waals surface area contributed by atoms with Gasteiger partial charge in [0.2, 0.25) is 11.9 Å². The number of ether oxygens (including phenoxy) is 5. The molecule has 0 saturated carbocycles. The van der Waals surface area contributed by atoms with Gasteiger partial charge in [-0.05, 0) is 27.7 Å². The molecule has 133 heavy (non-hydrogen) atoms. The van der Waals surface area contributed by atoms with Gasteiger partial charge in [0.25, 0.3) is 5.91 Å². The first-order valence-electron chi connectivity index (χ1n) is 39.7. The van der Waals surface area contributed by atoms with E-state index in [1.807, 2.05) is 154 Å². The molecule has 0 atom stereocenters. The van der Waals surface area contributed by atoms with Gasteiger partial charge in [0, 0.05) is 169 Å². The van der Waals surface area contributed by atoms with E-state index in [2.05, 4.69) is 144 Å². The number of aliphatic hydroxyl groups excluding tert-OH is 1. The number of amides is 1. The van der Waals surface area contributed by atoms with E-state index in [0.717, 1.165) is 108 Å². The van der Waals surface area contributed by atoms with Crippen LogP contribution in [-0.2, 0) is 80.5 Å². The molecular weight excluding hydrogens is 1820 g/mol. The molecule has 3 aliphatic heterocycles. The molecule has 0 spiro atoms.